The highest BCUT2D eigenvalue weighted by Crippen LogP contribution is 2.25. The number of aliphatic hydroxyl groups is 1. The van der Waals surface area contributed by atoms with Crippen LogP contribution >= 0.6 is 0 Å². The number of ether oxygens (including phenoxy) is 1. The van der Waals surface area contributed by atoms with Crippen LogP contribution in [-0.2, 0) is 14.3 Å². The number of carbonyl (C=O) groups is 2. The molecule has 0 heterocycles. The van der Waals surface area contributed by atoms with Crippen LogP contribution in [0.2, 0.25) is 0 Å². The van der Waals surface area contributed by atoms with Crippen LogP contribution in [0.4, 0.5) is 0 Å². The molecule has 0 unspecified atom stereocenters. The SMILES string of the molecule is CCOC(=O)C(C)(C)C(=O)CN(CCO)C1CCCCC1. The lowest BCUT2D eigenvalue weighted by atomic mass is 9.86. The van der Waals surface area contributed by atoms with Gasteiger partial charge in [0.1, 0.15) is 5.41 Å². The van der Waals surface area contributed by atoms with Gasteiger partial charge >= 0.3 is 5.97 Å². The number of nitrogens with zero attached hydrogens (tertiary/aromatic N) is 1. The largest absolute Gasteiger partial charge is 0.465 e. The van der Waals surface area contributed by atoms with Crippen molar-refractivity contribution in [2.75, 3.05) is 26.3 Å². The molecular weight excluding hydrogens is 270 g/mol. The number of aliphatic hydroxyl groups excluding tert-OH is 1. The maximum atomic E-state index is 12.5. The Hall–Kier alpha value is -0.940. The predicted octanol–water partition coefficient (Wildman–Crippen LogP) is 1.77. The number of Topliss-reactive ketones (excluding diaryl/α,β-unsaturated/α-hetero) is 1. The predicted molar refractivity (Wildman–Crippen MR) is 81.0 cm³/mol. The highest BCUT2D eigenvalue weighted by molar-refractivity contribution is 6.03. The number of hydrogen-bond donors (Lipinski definition) is 1. The average molecular weight is 299 g/mol. The van der Waals surface area contributed by atoms with Crippen LogP contribution in [0, 0.1) is 5.41 Å². The minimum absolute atomic E-state index is 0.0314. The lowest BCUT2D eigenvalue weighted by Gasteiger charge is -2.35. The fourth-order valence-corrected chi connectivity index (χ4v) is 2.77. The van der Waals surface area contributed by atoms with Crippen molar-refractivity contribution in [2.45, 2.75) is 58.9 Å². The van der Waals surface area contributed by atoms with Gasteiger partial charge in [0.25, 0.3) is 0 Å². The first-order valence-electron chi connectivity index (χ1n) is 7.99. The summed E-state index contributed by atoms with van der Waals surface area (Å²) in [5, 5.41) is 9.23. The van der Waals surface area contributed by atoms with Crippen LogP contribution in [0.3, 0.4) is 0 Å². The third kappa shape index (κ3) is 5.08. The highest BCUT2D eigenvalue weighted by Gasteiger charge is 2.38. The Morgan fingerprint density at radius 2 is 1.86 bits per heavy atom. The molecule has 0 bridgehead atoms. The summed E-state index contributed by atoms with van der Waals surface area (Å²) in [4.78, 5) is 26.4. The van der Waals surface area contributed by atoms with Crippen LogP contribution in [0.1, 0.15) is 52.9 Å². The van der Waals surface area contributed by atoms with Crippen molar-refractivity contribution in [3.63, 3.8) is 0 Å². The molecule has 1 N–H and O–H groups in total. The monoisotopic (exact) mass is 299 g/mol. The molecule has 0 amide bonds. The Kier molecular flexibility index (Phi) is 7.32. The number of hydrogen-bond acceptors (Lipinski definition) is 5. The molecule has 0 atom stereocenters. The molecule has 21 heavy (non-hydrogen) atoms. The molecule has 1 aliphatic rings. The molecule has 1 fully saturated rings. The zero-order valence-electron chi connectivity index (χ0n) is 13.6. The third-order valence-electron chi connectivity index (χ3n) is 4.31. The third-order valence-corrected chi connectivity index (χ3v) is 4.31. The van der Waals surface area contributed by atoms with Crippen molar-refractivity contribution in [3.8, 4) is 0 Å². The van der Waals surface area contributed by atoms with Gasteiger partial charge in [-0.15, -0.1) is 0 Å². The van der Waals surface area contributed by atoms with Crippen molar-refractivity contribution >= 4 is 11.8 Å². The summed E-state index contributed by atoms with van der Waals surface area (Å²) in [7, 11) is 0. The number of rotatable bonds is 8. The normalized spacial score (nSPS) is 17.0. The van der Waals surface area contributed by atoms with Crippen molar-refractivity contribution in [1.29, 1.82) is 0 Å². The first-order valence-corrected chi connectivity index (χ1v) is 7.99. The van der Waals surface area contributed by atoms with Gasteiger partial charge in [0.15, 0.2) is 5.78 Å². The molecule has 0 aromatic heterocycles. The fourth-order valence-electron chi connectivity index (χ4n) is 2.77. The van der Waals surface area contributed by atoms with Gasteiger partial charge in [-0.2, -0.15) is 0 Å². The van der Waals surface area contributed by atoms with E-state index in [4.69, 9.17) is 4.74 Å². The Balaban J connectivity index is 2.68. The molecule has 5 heteroatoms. The van der Waals surface area contributed by atoms with Gasteiger partial charge in [-0.05, 0) is 33.6 Å². The molecule has 5 nitrogen and oxygen atoms in total. The Bertz CT molecular complexity index is 348. The zero-order chi connectivity index (χ0) is 15.9. The molecule has 0 saturated heterocycles. The van der Waals surface area contributed by atoms with E-state index in [0.717, 1.165) is 12.8 Å². The summed E-state index contributed by atoms with van der Waals surface area (Å²) in [6.45, 7) is 5.96. The van der Waals surface area contributed by atoms with Crippen molar-refractivity contribution in [3.05, 3.63) is 0 Å². The maximum Gasteiger partial charge on any atom is 0.319 e. The van der Waals surface area contributed by atoms with Crippen LogP contribution in [0.15, 0.2) is 0 Å². The second-order valence-electron chi connectivity index (χ2n) is 6.25. The van der Waals surface area contributed by atoms with E-state index in [9.17, 15) is 14.7 Å². The van der Waals surface area contributed by atoms with E-state index in [1.165, 1.54) is 19.3 Å². The first-order chi connectivity index (χ1) is 9.93. The van der Waals surface area contributed by atoms with Gasteiger partial charge in [0.05, 0.1) is 19.8 Å². The van der Waals surface area contributed by atoms with Crippen molar-refractivity contribution in [2.24, 2.45) is 5.41 Å². The van der Waals surface area contributed by atoms with Gasteiger partial charge in [-0.1, -0.05) is 19.3 Å². The summed E-state index contributed by atoms with van der Waals surface area (Å²) < 4.78 is 4.99. The Morgan fingerprint density at radius 1 is 1.24 bits per heavy atom. The van der Waals surface area contributed by atoms with Crippen molar-refractivity contribution < 1.29 is 19.4 Å². The maximum absolute atomic E-state index is 12.5. The van der Waals surface area contributed by atoms with Crippen molar-refractivity contribution in [1.82, 2.24) is 4.90 Å². The minimum atomic E-state index is -1.13. The fraction of sp³-hybridized carbons (Fsp3) is 0.875. The minimum Gasteiger partial charge on any atom is -0.465 e. The summed E-state index contributed by atoms with van der Waals surface area (Å²) in [6.07, 6.45) is 5.70. The van der Waals surface area contributed by atoms with E-state index >= 15 is 0 Å². The Morgan fingerprint density at radius 3 is 2.38 bits per heavy atom. The second-order valence-corrected chi connectivity index (χ2v) is 6.25. The first kappa shape index (κ1) is 18.1. The summed E-state index contributed by atoms with van der Waals surface area (Å²) in [5.41, 5.74) is -1.13. The molecule has 0 spiro atoms. The molecule has 0 aromatic carbocycles. The van der Waals surface area contributed by atoms with E-state index in [1.54, 1.807) is 20.8 Å². The van der Waals surface area contributed by atoms with Gasteiger partial charge in [-0.25, -0.2) is 0 Å². The van der Waals surface area contributed by atoms with Crippen LogP contribution < -0.4 is 0 Å². The van der Waals surface area contributed by atoms with Crippen LogP contribution in [-0.4, -0.2) is 54.1 Å². The summed E-state index contributed by atoms with van der Waals surface area (Å²) in [5.74, 6) is -0.609. The Labute approximate surface area is 127 Å². The number of ketones is 1. The van der Waals surface area contributed by atoms with Gasteiger partial charge in [0, 0.05) is 12.6 Å². The zero-order valence-corrected chi connectivity index (χ0v) is 13.6. The van der Waals surface area contributed by atoms with Crippen LogP contribution in [0.5, 0.6) is 0 Å². The van der Waals surface area contributed by atoms with E-state index in [-0.39, 0.29) is 25.5 Å². The van der Waals surface area contributed by atoms with E-state index < -0.39 is 11.4 Å². The summed E-state index contributed by atoms with van der Waals surface area (Å²) >= 11 is 0. The molecular formula is C16H29NO4. The van der Waals surface area contributed by atoms with E-state index in [0.29, 0.717) is 12.6 Å². The standard InChI is InChI=1S/C16H29NO4/c1-4-21-15(20)16(2,3)14(19)12-17(10-11-18)13-8-6-5-7-9-13/h13,18H,4-12H2,1-3H3. The topological polar surface area (TPSA) is 66.8 Å². The molecule has 0 radical (unpaired) electrons. The molecule has 1 aliphatic carbocycles. The molecule has 0 aliphatic heterocycles. The number of esters is 1. The average Bonchev–Trinajstić information content (AvgIpc) is 2.47. The number of carbonyl (C=O) groups excluding carboxylic acids is 2. The molecule has 0 aromatic rings. The quantitative estimate of drug-likeness (QED) is 0.546. The van der Waals surface area contributed by atoms with Gasteiger partial charge in [-0.3, -0.25) is 14.5 Å². The summed E-state index contributed by atoms with van der Waals surface area (Å²) in [6, 6.07) is 0.341. The van der Waals surface area contributed by atoms with E-state index in [2.05, 4.69) is 0 Å². The molecule has 1 rings (SSSR count). The molecule has 122 valence electrons. The second kappa shape index (κ2) is 8.49. The van der Waals surface area contributed by atoms with Crippen LogP contribution in [0.25, 0.3) is 0 Å². The lowest BCUT2D eigenvalue weighted by Crippen LogP contribution is -2.47. The lowest BCUT2D eigenvalue weighted by molar-refractivity contribution is -0.158. The molecule has 1 saturated carbocycles. The van der Waals surface area contributed by atoms with Gasteiger partial charge < -0.3 is 9.84 Å². The highest BCUT2D eigenvalue weighted by atomic mass is 16.5. The van der Waals surface area contributed by atoms with E-state index in [1.807, 2.05) is 4.90 Å². The smallest absolute Gasteiger partial charge is 0.319 e. The van der Waals surface area contributed by atoms with Gasteiger partial charge in [0.2, 0.25) is 0 Å².